The van der Waals surface area contributed by atoms with Crippen molar-refractivity contribution in [2.45, 2.75) is 33.2 Å². The molecule has 0 bridgehead atoms. The van der Waals surface area contributed by atoms with Crippen LogP contribution in [-0.2, 0) is 11.3 Å². The minimum absolute atomic E-state index is 0.0158. The number of rotatable bonds is 6. The molecule has 0 spiro atoms. The van der Waals surface area contributed by atoms with Crippen LogP contribution in [0.1, 0.15) is 29.8 Å². The molecule has 1 fully saturated rings. The van der Waals surface area contributed by atoms with Crippen molar-refractivity contribution in [3.05, 3.63) is 59.4 Å². The van der Waals surface area contributed by atoms with Crippen molar-refractivity contribution in [2.24, 2.45) is 5.92 Å². The number of nitrogens with zero attached hydrogens (tertiary/aromatic N) is 3. The Morgan fingerprint density at radius 2 is 1.97 bits per heavy atom. The predicted molar refractivity (Wildman–Crippen MR) is 119 cm³/mol. The zero-order chi connectivity index (χ0) is 21.8. The molecule has 3 aromatic rings. The quantitative estimate of drug-likeness (QED) is 0.643. The van der Waals surface area contributed by atoms with Gasteiger partial charge in [-0.25, -0.2) is 0 Å². The van der Waals surface area contributed by atoms with Gasteiger partial charge in [-0.15, -0.1) is 0 Å². The first-order valence-electron chi connectivity index (χ1n) is 10.6. The fourth-order valence-electron chi connectivity index (χ4n) is 3.90. The monoisotopic (exact) mass is 420 g/mol. The van der Waals surface area contributed by atoms with E-state index in [4.69, 9.17) is 9.26 Å². The number of piperidine rings is 1. The van der Waals surface area contributed by atoms with E-state index in [-0.39, 0.29) is 11.8 Å². The summed E-state index contributed by atoms with van der Waals surface area (Å²) in [4.78, 5) is 19.7. The number of aromatic nitrogens is 2. The molecule has 0 aliphatic carbocycles. The van der Waals surface area contributed by atoms with Crippen LogP contribution in [0.15, 0.2) is 47.0 Å². The number of ether oxygens (including phenoxy) is 1. The van der Waals surface area contributed by atoms with Gasteiger partial charge in [0.1, 0.15) is 5.75 Å². The number of methoxy groups -OCH3 is 1. The van der Waals surface area contributed by atoms with Crippen molar-refractivity contribution >= 4 is 11.6 Å². The van der Waals surface area contributed by atoms with Crippen LogP contribution in [0.2, 0.25) is 0 Å². The van der Waals surface area contributed by atoms with E-state index in [9.17, 15) is 4.79 Å². The van der Waals surface area contributed by atoms with E-state index in [2.05, 4.69) is 20.4 Å². The molecule has 1 aliphatic heterocycles. The van der Waals surface area contributed by atoms with Crippen molar-refractivity contribution in [1.29, 1.82) is 0 Å². The molecule has 1 saturated heterocycles. The topological polar surface area (TPSA) is 80.5 Å². The molecule has 1 atom stereocenters. The minimum Gasteiger partial charge on any atom is -0.495 e. The average molecular weight is 421 g/mol. The molecule has 31 heavy (non-hydrogen) atoms. The first kappa shape index (κ1) is 21.1. The van der Waals surface area contributed by atoms with E-state index in [1.165, 1.54) is 5.56 Å². The largest absolute Gasteiger partial charge is 0.495 e. The van der Waals surface area contributed by atoms with Gasteiger partial charge in [0.25, 0.3) is 5.89 Å². The highest BCUT2D eigenvalue weighted by Crippen LogP contribution is 2.27. The van der Waals surface area contributed by atoms with E-state index in [1.807, 2.05) is 56.3 Å². The van der Waals surface area contributed by atoms with Crippen LogP contribution in [0.25, 0.3) is 11.5 Å². The summed E-state index contributed by atoms with van der Waals surface area (Å²) in [6.07, 6.45) is 1.81. The lowest BCUT2D eigenvalue weighted by atomic mass is 9.97. The standard InChI is InChI=1S/C24H28N4O3/c1-16-6-9-18(10-7-16)24-26-22(27-31-24)15-28-12-4-5-19(14-28)23(29)25-20-13-17(2)8-11-21(20)30-3/h6-11,13,19H,4-5,12,14-15H2,1-3H3,(H,25,29)/t19-/m0/s1. The third-order valence-electron chi connectivity index (χ3n) is 5.62. The highest BCUT2D eigenvalue weighted by Gasteiger charge is 2.27. The molecule has 1 amide bonds. The highest BCUT2D eigenvalue weighted by atomic mass is 16.5. The molecular weight excluding hydrogens is 392 g/mol. The summed E-state index contributed by atoms with van der Waals surface area (Å²) in [6.45, 7) is 6.17. The third-order valence-corrected chi connectivity index (χ3v) is 5.62. The first-order valence-corrected chi connectivity index (χ1v) is 10.6. The summed E-state index contributed by atoms with van der Waals surface area (Å²) in [5.41, 5.74) is 3.88. The van der Waals surface area contributed by atoms with Crippen LogP contribution in [0.3, 0.4) is 0 Å². The van der Waals surface area contributed by atoms with Crippen molar-refractivity contribution in [2.75, 3.05) is 25.5 Å². The molecule has 0 saturated carbocycles. The number of benzene rings is 2. The van der Waals surface area contributed by atoms with Crippen molar-refractivity contribution in [1.82, 2.24) is 15.0 Å². The molecule has 7 nitrogen and oxygen atoms in total. The van der Waals surface area contributed by atoms with Crippen LogP contribution in [0.5, 0.6) is 5.75 Å². The smallest absolute Gasteiger partial charge is 0.257 e. The molecule has 1 aliphatic rings. The minimum atomic E-state index is -0.0950. The van der Waals surface area contributed by atoms with Crippen molar-refractivity contribution < 1.29 is 14.1 Å². The molecule has 2 aromatic carbocycles. The van der Waals surface area contributed by atoms with Crippen LogP contribution >= 0.6 is 0 Å². The summed E-state index contributed by atoms with van der Waals surface area (Å²) in [7, 11) is 1.61. The fourth-order valence-corrected chi connectivity index (χ4v) is 3.90. The molecule has 0 unspecified atom stereocenters. The van der Waals surface area contributed by atoms with Gasteiger partial charge in [0.05, 0.1) is 25.3 Å². The lowest BCUT2D eigenvalue weighted by Gasteiger charge is -2.31. The van der Waals surface area contributed by atoms with Crippen LogP contribution < -0.4 is 10.1 Å². The Morgan fingerprint density at radius 3 is 2.74 bits per heavy atom. The number of carbonyl (C=O) groups is 1. The van der Waals surface area contributed by atoms with Crippen LogP contribution in [-0.4, -0.2) is 41.1 Å². The van der Waals surface area contributed by atoms with E-state index < -0.39 is 0 Å². The van der Waals surface area contributed by atoms with Gasteiger partial charge in [0.15, 0.2) is 5.82 Å². The first-order chi connectivity index (χ1) is 15.0. The fraction of sp³-hybridized carbons (Fsp3) is 0.375. The number of aryl methyl sites for hydroxylation is 2. The predicted octanol–water partition coefficient (Wildman–Crippen LogP) is 4.21. The van der Waals surface area contributed by atoms with Gasteiger partial charge < -0.3 is 14.6 Å². The van der Waals surface area contributed by atoms with E-state index >= 15 is 0 Å². The second kappa shape index (κ2) is 9.31. The van der Waals surface area contributed by atoms with Gasteiger partial charge in [0.2, 0.25) is 5.91 Å². The second-order valence-electron chi connectivity index (χ2n) is 8.15. The third kappa shape index (κ3) is 5.11. The molecule has 162 valence electrons. The average Bonchev–Trinajstić information content (AvgIpc) is 3.23. The molecule has 7 heteroatoms. The number of hydrogen-bond donors (Lipinski definition) is 1. The van der Waals surface area contributed by atoms with Gasteiger partial charge in [-0.2, -0.15) is 4.98 Å². The van der Waals surface area contributed by atoms with Crippen LogP contribution in [0.4, 0.5) is 5.69 Å². The van der Waals surface area contributed by atoms with Crippen molar-refractivity contribution in [3.63, 3.8) is 0 Å². The van der Waals surface area contributed by atoms with Gasteiger partial charge in [-0.05, 0) is 63.1 Å². The Labute approximate surface area is 182 Å². The Hall–Kier alpha value is -3.19. The number of hydrogen-bond acceptors (Lipinski definition) is 6. The number of nitrogens with one attached hydrogen (secondary N) is 1. The highest BCUT2D eigenvalue weighted by molar-refractivity contribution is 5.94. The molecule has 1 aromatic heterocycles. The maximum Gasteiger partial charge on any atom is 0.257 e. The second-order valence-corrected chi connectivity index (χ2v) is 8.15. The van der Waals surface area contributed by atoms with Crippen molar-refractivity contribution in [3.8, 4) is 17.2 Å². The Kier molecular flexibility index (Phi) is 6.32. The lowest BCUT2D eigenvalue weighted by Crippen LogP contribution is -2.40. The van der Waals surface area contributed by atoms with Crippen LogP contribution in [0, 0.1) is 19.8 Å². The number of carbonyl (C=O) groups excluding carboxylic acids is 1. The molecular formula is C24H28N4O3. The molecule has 4 rings (SSSR count). The summed E-state index contributed by atoms with van der Waals surface area (Å²) in [6, 6.07) is 13.8. The number of anilines is 1. The normalized spacial score (nSPS) is 16.8. The summed E-state index contributed by atoms with van der Waals surface area (Å²) < 4.78 is 10.8. The van der Waals surface area contributed by atoms with E-state index in [1.54, 1.807) is 7.11 Å². The van der Waals surface area contributed by atoms with E-state index in [0.717, 1.165) is 30.5 Å². The molecule has 1 N–H and O–H groups in total. The summed E-state index contributed by atoms with van der Waals surface area (Å²) in [5.74, 6) is 1.75. The maximum absolute atomic E-state index is 12.9. The lowest BCUT2D eigenvalue weighted by molar-refractivity contribution is -0.121. The number of amides is 1. The molecule has 2 heterocycles. The number of likely N-dealkylation sites (tertiary alicyclic amines) is 1. The maximum atomic E-state index is 12.9. The SMILES string of the molecule is COc1ccc(C)cc1NC(=O)[C@H]1CCCN(Cc2noc(-c3ccc(C)cc3)n2)C1. The van der Waals surface area contributed by atoms with Gasteiger partial charge >= 0.3 is 0 Å². The van der Waals surface area contributed by atoms with E-state index in [0.29, 0.717) is 36.2 Å². The summed E-state index contributed by atoms with van der Waals surface area (Å²) in [5, 5.41) is 7.18. The Morgan fingerprint density at radius 1 is 1.19 bits per heavy atom. The molecule has 0 radical (unpaired) electrons. The van der Waals surface area contributed by atoms with Gasteiger partial charge in [-0.3, -0.25) is 9.69 Å². The Balaban J connectivity index is 1.38. The zero-order valence-corrected chi connectivity index (χ0v) is 18.2. The summed E-state index contributed by atoms with van der Waals surface area (Å²) >= 11 is 0. The van der Waals surface area contributed by atoms with Gasteiger partial charge in [-0.1, -0.05) is 28.9 Å². The zero-order valence-electron chi connectivity index (χ0n) is 18.2. The van der Waals surface area contributed by atoms with Gasteiger partial charge in [0, 0.05) is 12.1 Å². The Bertz CT molecular complexity index is 1050.